The van der Waals surface area contributed by atoms with Gasteiger partial charge < -0.3 is 10.6 Å². The van der Waals surface area contributed by atoms with E-state index in [0.29, 0.717) is 0 Å². The Kier molecular flexibility index (Phi) is 7.20. The molecule has 3 nitrogen and oxygen atoms in total. The molecule has 0 saturated carbocycles. The fourth-order valence-corrected chi connectivity index (χ4v) is 2.91. The van der Waals surface area contributed by atoms with E-state index in [4.69, 9.17) is 5.73 Å². The second-order valence-corrected chi connectivity index (χ2v) is 5.94. The molecule has 1 heterocycles. The number of hydrogen-bond donors (Lipinski definition) is 1. The summed E-state index contributed by atoms with van der Waals surface area (Å²) in [5.41, 5.74) is 6.19. The maximum atomic E-state index is 5.99. The van der Waals surface area contributed by atoms with Crippen molar-refractivity contribution in [3.05, 3.63) is 0 Å². The van der Waals surface area contributed by atoms with Crippen molar-refractivity contribution in [3.63, 3.8) is 0 Å². The van der Waals surface area contributed by atoms with Gasteiger partial charge in [0.15, 0.2) is 0 Å². The van der Waals surface area contributed by atoms with E-state index in [9.17, 15) is 0 Å². The second kappa shape index (κ2) is 8.13. The summed E-state index contributed by atoms with van der Waals surface area (Å²) in [5, 5.41) is 0. The number of rotatable bonds is 9. The van der Waals surface area contributed by atoms with Gasteiger partial charge in [-0.2, -0.15) is 0 Å². The lowest BCUT2D eigenvalue weighted by atomic mass is 9.96. The molecule has 2 N–H and O–H groups in total. The maximum absolute atomic E-state index is 5.99. The summed E-state index contributed by atoms with van der Waals surface area (Å²) < 4.78 is 0. The second-order valence-electron chi connectivity index (χ2n) is 5.94. The zero-order chi connectivity index (χ0) is 13.4. The maximum Gasteiger partial charge on any atom is 0.0300 e. The third-order valence-electron chi connectivity index (χ3n) is 4.56. The van der Waals surface area contributed by atoms with Gasteiger partial charge in [-0.25, -0.2) is 0 Å². The first-order chi connectivity index (χ1) is 8.66. The van der Waals surface area contributed by atoms with Crippen LogP contribution in [0.2, 0.25) is 0 Å². The molecule has 1 aliphatic rings. The molecule has 1 atom stereocenters. The highest BCUT2D eigenvalue weighted by Gasteiger charge is 2.27. The van der Waals surface area contributed by atoms with E-state index in [2.05, 4.69) is 30.6 Å². The van der Waals surface area contributed by atoms with E-state index in [1.54, 1.807) is 0 Å². The van der Waals surface area contributed by atoms with E-state index in [1.165, 1.54) is 58.4 Å². The van der Waals surface area contributed by atoms with Crippen molar-refractivity contribution in [2.75, 3.05) is 39.3 Å². The third kappa shape index (κ3) is 4.52. The Morgan fingerprint density at radius 1 is 1.17 bits per heavy atom. The van der Waals surface area contributed by atoms with Crippen LogP contribution < -0.4 is 5.73 Å². The Morgan fingerprint density at radius 2 is 1.83 bits per heavy atom. The summed E-state index contributed by atoms with van der Waals surface area (Å²) in [6.45, 7) is 13.9. The van der Waals surface area contributed by atoms with E-state index in [0.717, 1.165) is 13.0 Å². The van der Waals surface area contributed by atoms with Gasteiger partial charge >= 0.3 is 0 Å². The van der Waals surface area contributed by atoms with Gasteiger partial charge in [0, 0.05) is 12.1 Å². The Balaban J connectivity index is 2.36. The predicted octanol–water partition coefficient (Wildman–Crippen LogP) is 2.31. The molecule has 108 valence electrons. The predicted molar refractivity (Wildman–Crippen MR) is 79.9 cm³/mol. The Bertz CT molecular complexity index is 208. The van der Waals surface area contributed by atoms with Gasteiger partial charge in [0.25, 0.3) is 0 Å². The monoisotopic (exact) mass is 255 g/mol. The summed E-state index contributed by atoms with van der Waals surface area (Å²) in [5.74, 6) is 0. The minimum absolute atomic E-state index is 0.195. The fraction of sp³-hybridized carbons (Fsp3) is 1.00. The summed E-state index contributed by atoms with van der Waals surface area (Å²) in [6, 6.07) is 0. The van der Waals surface area contributed by atoms with Gasteiger partial charge in [-0.3, -0.25) is 4.90 Å². The van der Waals surface area contributed by atoms with Gasteiger partial charge in [-0.05, 0) is 71.8 Å². The minimum atomic E-state index is 0.195. The Labute approximate surface area is 114 Å². The summed E-state index contributed by atoms with van der Waals surface area (Å²) >= 11 is 0. The van der Waals surface area contributed by atoms with Crippen LogP contribution in [0, 0.1) is 0 Å². The summed E-state index contributed by atoms with van der Waals surface area (Å²) in [7, 11) is 0. The van der Waals surface area contributed by atoms with Crippen LogP contribution in [0.5, 0.6) is 0 Å². The lowest BCUT2D eigenvalue weighted by Gasteiger charge is -2.40. The van der Waals surface area contributed by atoms with Crippen LogP contribution >= 0.6 is 0 Å². The highest BCUT2D eigenvalue weighted by atomic mass is 15.2. The van der Waals surface area contributed by atoms with Crippen LogP contribution in [0.3, 0.4) is 0 Å². The number of likely N-dealkylation sites (tertiary alicyclic amines) is 1. The van der Waals surface area contributed by atoms with Gasteiger partial charge in [0.2, 0.25) is 0 Å². The molecule has 1 saturated heterocycles. The molecule has 3 heteroatoms. The van der Waals surface area contributed by atoms with Crippen LogP contribution in [0.15, 0.2) is 0 Å². The standard InChI is InChI=1S/C15H33N3/c1-4-9-18(15(3,5-2)14-16)13-8-12-17-10-6-7-11-17/h4-14,16H2,1-3H3. The molecule has 18 heavy (non-hydrogen) atoms. The molecule has 0 bridgehead atoms. The number of hydrogen-bond acceptors (Lipinski definition) is 3. The molecule has 0 aliphatic carbocycles. The molecule has 0 spiro atoms. The van der Waals surface area contributed by atoms with E-state index in [-0.39, 0.29) is 5.54 Å². The zero-order valence-corrected chi connectivity index (χ0v) is 12.7. The quantitative estimate of drug-likeness (QED) is 0.686. The number of nitrogens with two attached hydrogens (primary N) is 1. The third-order valence-corrected chi connectivity index (χ3v) is 4.56. The highest BCUT2D eigenvalue weighted by Crippen LogP contribution is 2.19. The van der Waals surface area contributed by atoms with Crippen LogP contribution in [0.1, 0.15) is 52.9 Å². The van der Waals surface area contributed by atoms with Crippen LogP contribution in [0.25, 0.3) is 0 Å². The molecule has 0 aromatic heterocycles. The zero-order valence-electron chi connectivity index (χ0n) is 12.7. The molecular weight excluding hydrogens is 222 g/mol. The Hall–Kier alpha value is -0.120. The van der Waals surface area contributed by atoms with Crippen molar-refractivity contribution < 1.29 is 0 Å². The molecular formula is C15H33N3. The van der Waals surface area contributed by atoms with E-state index < -0.39 is 0 Å². The Morgan fingerprint density at radius 3 is 2.33 bits per heavy atom. The number of nitrogens with zero attached hydrogens (tertiary/aromatic N) is 2. The van der Waals surface area contributed by atoms with Crippen molar-refractivity contribution in [2.24, 2.45) is 5.73 Å². The van der Waals surface area contributed by atoms with Crippen molar-refractivity contribution in [1.29, 1.82) is 0 Å². The first-order valence-corrected chi connectivity index (χ1v) is 7.83. The topological polar surface area (TPSA) is 32.5 Å². The van der Waals surface area contributed by atoms with E-state index in [1.807, 2.05) is 0 Å². The van der Waals surface area contributed by atoms with Gasteiger partial charge in [0.1, 0.15) is 0 Å². The molecule has 0 amide bonds. The van der Waals surface area contributed by atoms with Crippen LogP contribution in [-0.2, 0) is 0 Å². The summed E-state index contributed by atoms with van der Waals surface area (Å²) in [6.07, 6.45) is 6.45. The van der Waals surface area contributed by atoms with Gasteiger partial charge in [-0.15, -0.1) is 0 Å². The molecule has 0 aromatic rings. The van der Waals surface area contributed by atoms with Crippen LogP contribution in [-0.4, -0.2) is 54.6 Å². The first-order valence-electron chi connectivity index (χ1n) is 7.83. The van der Waals surface area contributed by atoms with Gasteiger partial charge in [0.05, 0.1) is 0 Å². The van der Waals surface area contributed by atoms with Crippen LogP contribution in [0.4, 0.5) is 0 Å². The average Bonchev–Trinajstić information content (AvgIpc) is 2.90. The fourth-order valence-electron chi connectivity index (χ4n) is 2.91. The molecule has 1 fully saturated rings. The minimum Gasteiger partial charge on any atom is -0.329 e. The SMILES string of the molecule is CCCN(CCCN1CCCC1)C(C)(CC)CN. The largest absolute Gasteiger partial charge is 0.329 e. The lowest BCUT2D eigenvalue weighted by molar-refractivity contribution is 0.100. The molecule has 1 rings (SSSR count). The van der Waals surface area contributed by atoms with Gasteiger partial charge in [-0.1, -0.05) is 13.8 Å². The smallest absolute Gasteiger partial charge is 0.0300 e. The van der Waals surface area contributed by atoms with Crippen molar-refractivity contribution in [2.45, 2.75) is 58.4 Å². The average molecular weight is 255 g/mol. The molecule has 1 unspecified atom stereocenters. The first kappa shape index (κ1) is 15.9. The van der Waals surface area contributed by atoms with E-state index >= 15 is 0 Å². The normalized spacial score (nSPS) is 20.5. The van der Waals surface area contributed by atoms with Crippen molar-refractivity contribution >= 4 is 0 Å². The summed E-state index contributed by atoms with van der Waals surface area (Å²) in [4.78, 5) is 5.22. The van der Waals surface area contributed by atoms with Crippen molar-refractivity contribution in [1.82, 2.24) is 9.80 Å². The molecule has 1 aliphatic heterocycles. The lowest BCUT2D eigenvalue weighted by Crippen LogP contribution is -2.52. The highest BCUT2D eigenvalue weighted by molar-refractivity contribution is 4.86. The molecule has 0 radical (unpaired) electrons. The molecule has 0 aromatic carbocycles. The van der Waals surface area contributed by atoms with Crippen molar-refractivity contribution in [3.8, 4) is 0 Å².